The van der Waals surface area contributed by atoms with Crippen LogP contribution in [0.15, 0.2) is 41.6 Å². The van der Waals surface area contributed by atoms with Gasteiger partial charge in [-0.3, -0.25) is 4.79 Å². The minimum Gasteiger partial charge on any atom is -0.477 e. The first-order valence-electron chi connectivity index (χ1n) is 15.4. The Morgan fingerprint density at radius 1 is 1.13 bits per heavy atom. The van der Waals surface area contributed by atoms with Gasteiger partial charge in [-0.05, 0) is 82.6 Å². The fourth-order valence-electron chi connectivity index (χ4n) is 5.96. The maximum atomic E-state index is 13.7. The van der Waals surface area contributed by atoms with Gasteiger partial charge in [0.05, 0.1) is 17.6 Å². The highest BCUT2D eigenvalue weighted by molar-refractivity contribution is 7.90. The molecular formula is C31H40F3N7O4S. The molecule has 0 spiro atoms. The van der Waals surface area contributed by atoms with E-state index in [1.54, 1.807) is 25.3 Å². The van der Waals surface area contributed by atoms with Gasteiger partial charge in [0.2, 0.25) is 5.88 Å². The van der Waals surface area contributed by atoms with E-state index in [0.717, 1.165) is 12.8 Å². The number of ether oxygens (including phenoxy) is 1. The van der Waals surface area contributed by atoms with Crippen LogP contribution in [0.2, 0.25) is 0 Å². The molecule has 1 aliphatic carbocycles. The molecule has 0 bridgehead atoms. The molecule has 0 radical (unpaired) electrons. The molecule has 1 unspecified atom stereocenters. The van der Waals surface area contributed by atoms with Crippen LogP contribution in [-0.4, -0.2) is 65.5 Å². The molecule has 5 rings (SSSR count). The van der Waals surface area contributed by atoms with Crippen molar-refractivity contribution in [3.63, 3.8) is 0 Å². The number of hydrogen-bond acceptors (Lipinski definition) is 9. The number of carbonyl (C=O) groups excluding carboxylic acids is 1. The van der Waals surface area contributed by atoms with Gasteiger partial charge in [-0.2, -0.15) is 21.6 Å². The van der Waals surface area contributed by atoms with Gasteiger partial charge in [0, 0.05) is 30.9 Å². The molecule has 3 aromatic heterocycles. The molecule has 1 saturated carbocycles. The van der Waals surface area contributed by atoms with E-state index >= 15 is 0 Å². The van der Waals surface area contributed by atoms with E-state index in [1.807, 2.05) is 25.7 Å². The number of hydrogen-bond donors (Lipinski definition) is 2. The number of nitrogens with one attached hydrogen (secondary N) is 2. The fourth-order valence-corrected chi connectivity index (χ4v) is 7.12. The molecule has 2 aliphatic rings. The Kier molecular flexibility index (Phi) is 9.01. The molecular weight excluding hydrogens is 623 g/mol. The number of amides is 1. The summed E-state index contributed by atoms with van der Waals surface area (Å²) in [6.07, 6.45) is -0.989. The van der Waals surface area contributed by atoms with Crippen molar-refractivity contribution in [2.75, 3.05) is 29.9 Å². The van der Waals surface area contributed by atoms with E-state index in [9.17, 15) is 26.4 Å². The van der Waals surface area contributed by atoms with Crippen LogP contribution in [0.4, 0.5) is 24.8 Å². The van der Waals surface area contributed by atoms with Crippen LogP contribution < -0.4 is 19.7 Å². The smallest absolute Gasteiger partial charge is 0.394 e. The Balaban J connectivity index is 1.41. The average molecular weight is 664 g/mol. The predicted molar refractivity (Wildman–Crippen MR) is 167 cm³/mol. The van der Waals surface area contributed by atoms with Crippen molar-refractivity contribution in [2.45, 2.75) is 83.5 Å². The molecule has 46 heavy (non-hydrogen) atoms. The first kappa shape index (κ1) is 33.5. The Morgan fingerprint density at radius 2 is 1.87 bits per heavy atom. The number of rotatable bonds is 12. The van der Waals surface area contributed by atoms with Crippen LogP contribution in [0.25, 0.3) is 5.82 Å². The zero-order valence-electron chi connectivity index (χ0n) is 26.6. The summed E-state index contributed by atoms with van der Waals surface area (Å²) in [6.45, 7) is 10.8. The Morgan fingerprint density at radius 3 is 2.50 bits per heavy atom. The van der Waals surface area contributed by atoms with Crippen molar-refractivity contribution >= 4 is 27.6 Å². The standard InChI is InChI=1S/C31H40F3N7O4S/c1-6-15-35-23-9-7-21(3)28(36-23)46(43,44)39-27(42)22-8-10-24(37-26(22)40-19-20(2)18-29(40,4)5)41-16-11-25(38-41)45-17-14-30(12-13-30)31(32,33)34/h7-11,16,20H,6,12-15,17-19H2,1-5H3,(H,35,36)(H,39,42). The SMILES string of the molecule is CCCNc1ccc(C)c(S(=O)(=O)NC(=O)c2ccc(-n3ccc(OCCC4(C(F)(F)F)CC4)n3)nc2N2CC(C)CC2(C)C)n1. The molecule has 3 aromatic rings. The number of halogens is 3. The van der Waals surface area contributed by atoms with Gasteiger partial charge >= 0.3 is 6.18 Å². The lowest BCUT2D eigenvalue weighted by atomic mass is 9.97. The van der Waals surface area contributed by atoms with Crippen LogP contribution >= 0.6 is 0 Å². The van der Waals surface area contributed by atoms with E-state index < -0.39 is 33.1 Å². The maximum absolute atomic E-state index is 13.7. The molecule has 1 saturated heterocycles. The molecule has 1 amide bonds. The minimum atomic E-state index is -4.35. The quantitative estimate of drug-likeness (QED) is 0.253. The van der Waals surface area contributed by atoms with Crippen LogP contribution in [0.1, 0.15) is 75.7 Å². The van der Waals surface area contributed by atoms with Crippen LogP contribution in [0.5, 0.6) is 5.88 Å². The Hall–Kier alpha value is -3.88. The number of carbonyl (C=O) groups is 1. The zero-order valence-corrected chi connectivity index (χ0v) is 27.4. The van der Waals surface area contributed by atoms with E-state index in [4.69, 9.17) is 9.72 Å². The zero-order chi connectivity index (χ0) is 33.5. The molecule has 4 heterocycles. The predicted octanol–water partition coefficient (Wildman–Crippen LogP) is 5.65. The molecule has 11 nitrogen and oxygen atoms in total. The summed E-state index contributed by atoms with van der Waals surface area (Å²) >= 11 is 0. The number of alkyl halides is 3. The van der Waals surface area contributed by atoms with Crippen molar-refractivity contribution in [1.82, 2.24) is 24.5 Å². The first-order valence-corrected chi connectivity index (χ1v) is 16.9. The summed E-state index contributed by atoms with van der Waals surface area (Å²) < 4.78 is 75.8. The fraction of sp³-hybridized carbons (Fsp3) is 0.548. The van der Waals surface area contributed by atoms with Crippen molar-refractivity contribution in [1.29, 1.82) is 0 Å². The van der Waals surface area contributed by atoms with Gasteiger partial charge in [0.25, 0.3) is 15.9 Å². The van der Waals surface area contributed by atoms with Crippen molar-refractivity contribution in [3.05, 3.63) is 47.7 Å². The molecule has 2 fully saturated rings. The molecule has 250 valence electrons. The van der Waals surface area contributed by atoms with E-state index in [-0.39, 0.29) is 54.1 Å². The second kappa shape index (κ2) is 12.4. The van der Waals surface area contributed by atoms with E-state index in [2.05, 4.69) is 27.0 Å². The molecule has 1 atom stereocenters. The number of aryl methyl sites for hydroxylation is 1. The molecule has 2 N–H and O–H groups in total. The van der Waals surface area contributed by atoms with Crippen LogP contribution in [0.3, 0.4) is 0 Å². The van der Waals surface area contributed by atoms with Gasteiger partial charge in [0.1, 0.15) is 11.6 Å². The topological polar surface area (TPSA) is 131 Å². The lowest BCUT2D eigenvalue weighted by Crippen LogP contribution is -2.41. The lowest BCUT2D eigenvalue weighted by Gasteiger charge is -2.34. The Bertz CT molecular complexity index is 1700. The summed E-state index contributed by atoms with van der Waals surface area (Å²) in [7, 11) is -4.35. The highest BCUT2D eigenvalue weighted by Crippen LogP contribution is 2.59. The normalized spacial score (nSPS) is 18.8. The van der Waals surface area contributed by atoms with Gasteiger partial charge < -0.3 is 15.0 Å². The summed E-state index contributed by atoms with van der Waals surface area (Å²) in [5.41, 5.74) is -1.63. The molecule has 0 aromatic carbocycles. The highest BCUT2D eigenvalue weighted by atomic mass is 32.2. The summed E-state index contributed by atoms with van der Waals surface area (Å²) in [5, 5.41) is 7.14. The summed E-state index contributed by atoms with van der Waals surface area (Å²) in [5.74, 6) is 0.544. The maximum Gasteiger partial charge on any atom is 0.394 e. The number of nitrogens with zero attached hydrogens (tertiary/aromatic N) is 5. The third-order valence-electron chi connectivity index (χ3n) is 8.61. The third kappa shape index (κ3) is 6.93. The highest BCUT2D eigenvalue weighted by Gasteiger charge is 2.62. The van der Waals surface area contributed by atoms with Gasteiger partial charge in [-0.1, -0.05) is 19.9 Å². The average Bonchev–Trinajstić information content (AvgIpc) is 3.54. The number of pyridine rings is 2. The second-order valence-corrected chi connectivity index (χ2v) is 14.5. The number of sulfonamides is 1. The lowest BCUT2D eigenvalue weighted by molar-refractivity contribution is -0.190. The Labute approximate surface area is 267 Å². The van der Waals surface area contributed by atoms with Crippen molar-refractivity contribution in [2.24, 2.45) is 11.3 Å². The monoisotopic (exact) mass is 663 g/mol. The first-order chi connectivity index (χ1) is 21.5. The van der Waals surface area contributed by atoms with Crippen LogP contribution in [0, 0.1) is 18.3 Å². The van der Waals surface area contributed by atoms with Crippen molar-refractivity contribution < 1.29 is 31.1 Å². The van der Waals surface area contributed by atoms with E-state index in [1.165, 1.54) is 22.9 Å². The number of anilines is 2. The minimum absolute atomic E-state index is 0.0536. The van der Waals surface area contributed by atoms with E-state index in [0.29, 0.717) is 30.3 Å². The summed E-state index contributed by atoms with van der Waals surface area (Å²) in [6, 6.07) is 7.85. The van der Waals surface area contributed by atoms with Gasteiger partial charge in [-0.15, -0.1) is 5.10 Å². The van der Waals surface area contributed by atoms with Gasteiger partial charge in [0.15, 0.2) is 10.8 Å². The number of aromatic nitrogens is 4. The van der Waals surface area contributed by atoms with Crippen molar-refractivity contribution in [3.8, 4) is 11.7 Å². The summed E-state index contributed by atoms with van der Waals surface area (Å²) in [4.78, 5) is 24.7. The van der Waals surface area contributed by atoms with Gasteiger partial charge in [-0.25, -0.2) is 19.4 Å². The second-order valence-electron chi connectivity index (χ2n) is 12.9. The molecule has 15 heteroatoms. The third-order valence-corrected chi connectivity index (χ3v) is 9.98. The largest absolute Gasteiger partial charge is 0.477 e. The van der Waals surface area contributed by atoms with Crippen LogP contribution in [-0.2, 0) is 10.0 Å². The molecule has 1 aliphatic heterocycles.